The van der Waals surface area contributed by atoms with Crippen molar-refractivity contribution in [3.05, 3.63) is 71.5 Å². The van der Waals surface area contributed by atoms with Crippen molar-refractivity contribution in [3.63, 3.8) is 0 Å². The molecular formula is C25H27N5O4S. The number of likely N-dealkylation sites (N-methyl/N-ethyl adjacent to an activating group) is 2. The van der Waals surface area contributed by atoms with Crippen molar-refractivity contribution in [2.24, 2.45) is 0 Å². The van der Waals surface area contributed by atoms with E-state index in [1.54, 1.807) is 73.5 Å². The van der Waals surface area contributed by atoms with Crippen molar-refractivity contribution in [1.82, 2.24) is 9.97 Å². The summed E-state index contributed by atoms with van der Waals surface area (Å²) in [5, 5.41) is 0. The average molecular weight is 494 g/mol. The van der Waals surface area contributed by atoms with Gasteiger partial charge in [-0.1, -0.05) is 25.6 Å². The van der Waals surface area contributed by atoms with E-state index in [1.165, 1.54) is 11.0 Å². The Labute approximate surface area is 204 Å². The van der Waals surface area contributed by atoms with Crippen LogP contribution in [0.2, 0.25) is 0 Å². The zero-order valence-electron chi connectivity index (χ0n) is 19.1. The second-order valence-corrected chi connectivity index (χ2v) is 10.5. The van der Waals surface area contributed by atoms with E-state index in [9.17, 15) is 18.0 Å². The SMILES string of the molecule is C.C[C@@H]1C(=O)N(C)c2ccc(N3C(=O)c4c(cccc4S(C)(=O)=O)C3c3cccnc3)nc2N1C. The number of sulfone groups is 1. The third kappa shape index (κ3) is 3.65. The lowest BCUT2D eigenvalue weighted by atomic mass is 9.99. The summed E-state index contributed by atoms with van der Waals surface area (Å²) in [6.45, 7) is 1.80. The average Bonchev–Trinajstić information content (AvgIpc) is 3.13. The second-order valence-electron chi connectivity index (χ2n) is 8.55. The molecule has 3 aromatic rings. The largest absolute Gasteiger partial charge is 0.346 e. The minimum Gasteiger partial charge on any atom is -0.346 e. The highest BCUT2D eigenvalue weighted by molar-refractivity contribution is 7.90. The van der Waals surface area contributed by atoms with Crippen molar-refractivity contribution in [3.8, 4) is 0 Å². The number of benzene rings is 1. The standard InChI is InChI=1S/C24H23N5O4S.CH4/c1-14-23(30)28(3)17-10-11-19(26-22(17)27(14)2)29-21(15-7-6-12-25-13-15)16-8-5-9-18(34(4,32)33)20(16)24(29)31;/h5-14,21H,1-4H3;1H4/t14-,21?;/m1./s1. The lowest BCUT2D eigenvalue weighted by Gasteiger charge is -2.37. The highest BCUT2D eigenvalue weighted by atomic mass is 32.2. The number of anilines is 3. The van der Waals surface area contributed by atoms with E-state index in [-0.39, 0.29) is 23.8 Å². The van der Waals surface area contributed by atoms with Gasteiger partial charge in [-0.2, -0.15) is 0 Å². The maximum Gasteiger partial charge on any atom is 0.261 e. The van der Waals surface area contributed by atoms with Crippen LogP contribution in [0, 0.1) is 0 Å². The van der Waals surface area contributed by atoms with Crippen LogP contribution in [0.25, 0.3) is 0 Å². The van der Waals surface area contributed by atoms with Gasteiger partial charge in [-0.3, -0.25) is 19.5 Å². The zero-order valence-corrected chi connectivity index (χ0v) is 19.9. The molecule has 2 amide bonds. The third-order valence-electron chi connectivity index (χ3n) is 6.49. The van der Waals surface area contributed by atoms with Crippen molar-refractivity contribution >= 4 is 39.0 Å². The first-order valence-electron chi connectivity index (χ1n) is 10.7. The van der Waals surface area contributed by atoms with Crippen molar-refractivity contribution in [2.75, 3.05) is 35.1 Å². The number of carbonyl (C=O) groups is 2. The topological polar surface area (TPSA) is 104 Å². The van der Waals surface area contributed by atoms with Gasteiger partial charge >= 0.3 is 0 Å². The number of hydrogen-bond acceptors (Lipinski definition) is 7. The van der Waals surface area contributed by atoms with Crippen LogP contribution in [-0.4, -0.2) is 56.6 Å². The number of amides is 2. The van der Waals surface area contributed by atoms with Crippen molar-refractivity contribution < 1.29 is 18.0 Å². The van der Waals surface area contributed by atoms with Crippen LogP contribution in [0.5, 0.6) is 0 Å². The Morgan fingerprint density at radius 2 is 1.74 bits per heavy atom. The normalized spacial score (nSPS) is 19.4. The molecule has 0 aliphatic carbocycles. The molecule has 2 aliphatic heterocycles. The minimum absolute atomic E-state index is 0. The first-order valence-corrected chi connectivity index (χ1v) is 12.6. The van der Waals surface area contributed by atoms with Crippen LogP contribution in [0.15, 0.2) is 59.8 Å². The monoisotopic (exact) mass is 493 g/mol. The van der Waals surface area contributed by atoms with Gasteiger partial charge < -0.3 is 9.80 Å². The van der Waals surface area contributed by atoms with Crippen molar-refractivity contribution in [1.29, 1.82) is 0 Å². The van der Waals surface area contributed by atoms with Gasteiger partial charge in [-0.15, -0.1) is 0 Å². The van der Waals surface area contributed by atoms with Crippen LogP contribution in [0.3, 0.4) is 0 Å². The molecule has 35 heavy (non-hydrogen) atoms. The number of carbonyl (C=O) groups excluding carboxylic acids is 2. The predicted octanol–water partition coefficient (Wildman–Crippen LogP) is 3.07. The summed E-state index contributed by atoms with van der Waals surface area (Å²) >= 11 is 0. The van der Waals surface area contributed by atoms with E-state index in [0.717, 1.165) is 11.8 Å². The van der Waals surface area contributed by atoms with Crippen molar-refractivity contribution in [2.45, 2.75) is 31.3 Å². The molecule has 0 N–H and O–H groups in total. The number of hydrogen-bond donors (Lipinski definition) is 0. The Hall–Kier alpha value is -3.79. The molecule has 2 aromatic heterocycles. The van der Waals surface area contributed by atoms with E-state index in [2.05, 4.69) is 4.98 Å². The van der Waals surface area contributed by atoms with Gasteiger partial charge in [0.25, 0.3) is 5.91 Å². The quantitative estimate of drug-likeness (QED) is 0.552. The first kappa shape index (κ1) is 24.3. The molecule has 0 saturated heterocycles. The van der Waals surface area contributed by atoms with E-state index >= 15 is 0 Å². The fourth-order valence-electron chi connectivity index (χ4n) is 4.63. The molecule has 0 bridgehead atoms. The predicted molar refractivity (Wildman–Crippen MR) is 135 cm³/mol. The fraction of sp³-hybridized carbons (Fsp3) is 0.280. The summed E-state index contributed by atoms with van der Waals surface area (Å²) < 4.78 is 25.0. The van der Waals surface area contributed by atoms with E-state index in [1.807, 2.05) is 6.07 Å². The maximum atomic E-state index is 13.8. The van der Waals surface area contributed by atoms with Crippen LogP contribution in [0.1, 0.15) is 41.9 Å². The number of fused-ring (bicyclic) bond motifs is 2. The molecule has 1 aromatic carbocycles. The molecule has 0 spiro atoms. The molecular weight excluding hydrogens is 466 g/mol. The summed E-state index contributed by atoms with van der Waals surface area (Å²) in [6, 6.07) is 10.9. The molecule has 9 nitrogen and oxygen atoms in total. The maximum absolute atomic E-state index is 13.8. The Morgan fingerprint density at radius 1 is 1.00 bits per heavy atom. The van der Waals surface area contributed by atoms with Crippen LogP contribution < -0.4 is 14.7 Å². The van der Waals surface area contributed by atoms with Crippen LogP contribution in [0.4, 0.5) is 17.3 Å². The lowest BCUT2D eigenvalue weighted by molar-refractivity contribution is -0.119. The van der Waals surface area contributed by atoms with E-state index in [4.69, 9.17) is 4.98 Å². The van der Waals surface area contributed by atoms with Crippen LogP contribution >= 0.6 is 0 Å². The summed E-state index contributed by atoms with van der Waals surface area (Å²) in [4.78, 5) is 40.1. The molecule has 4 heterocycles. The second kappa shape index (κ2) is 8.46. The number of nitrogens with zero attached hydrogens (tertiary/aromatic N) is 5. The summed E-state index contributed by atoms with van der Waals surface area (Å²) in [5.41, 5.74) is 2.09. The molecule has 1 unspecified atom stereocenters. The number of aromatic nitrogens is 2. The Balaban J connectivity index is 0.00000289. The van der Waals surface area contributed by atoms with E-state index in [0.29, 0.717) is 22.9 Å². The van der Waals surface area contributed by atoms with E-state index < -0.39 is 27.8 Å². The molecule has 0 fully saturated rings. The molecule has 10 heteroatoms. The summed E-state index contributed by atoms with van der Waals surface area (Å²) in [5.74, 6) is 0.410. The van der Waals surface area contributed by atoms with Gasteiger partial charge in [0.15, 0.2) is 15.7 Å². The Morgan fingerprint density at radius 3 is 2.40 bits per heavy atom. The molecule has 2 aliphatic rings. The third-order valence-corrected chi connectivity index (χ3v) is 7.63. The van der Waals surface area contributed by atoms with Gasteiger partial charge in [0.1, 0.15) is 11.9 Å². The Bertz CT molecular complexity index is 1440. The van der Waals surface area contributed by atoms with Gasteiger partial charge in [0.2, 0.25) is 5.91 Å². The molecule has 0 radical (unpaired) electrons. The zero-order chi connectivity index (χ0) is 24.4. The molecule has 5 rings (SSSR count). The molecule has 2 atom stereocenters. The van der Waals surface area contributed by atoms with Gasteiger partial charge in [0, 0.05) is 32.7 Å². The van der Waals surface area contributed by atoms with Crippen LogP contribution in [-0.2, 0) is 14.6 Å². The van der Waals surface area contributed by atoms with Gasteiger partial charge in [0.05, 0.1) is 22.2 Å². The van der Waals surface area contributed by atoms with Gasteiger partial charge in [-0.25, -0.2) is 13.4 Å². The first-order chi connectivity index (χ1) is 16.1. The number of rotatable bonds is 3. The molecule has 0 saturated carbocycles. The fourth-order valence-corrected chi connectivity index (χ4v) is 5.53. The summed E-state index contributed by atoms with van der Waals surface area (Å²) in [6.07, 6.45) is 4.39. The highest BCUT2D eigenvalue weighted by Crippen LogP contribution is 2.44. The van der Waals surface area contributed by atoms with Gasteiger partial charge in [-0.05, 0) is 42.3 Å². The number of pyridine rings is 2. The summed E-state index contributed by atoms with van der Waals surface area (Å²) in [7, 11) is -0.174. The highest BCUT2D eigenvalue weighted by Gasteiger charge is 2.43. The molecule has 182 valence electrons. The minimum atomic E-state index is -3.65. The Kier molecular flexibility index (Phi) is 5.88. The smallest absolute Gasteiger partial charge is 0.261 e. The lowest BCUT2D eigenvalue weighted by Crippen LogP contribution is -2.49.